The lowest BCUT2D eigenvalue weighted by atomic mass is 9.67. The van der Waals surface area contributed by atoms with Crippen molar-refractivity contribution in [3.05, 3.63) is 161 Å². The first kappa shape index (κ1) is 23.0. The maximum Gasteiger partial charge on any atom is 0.0818 e. The molecule has 38 heavy (non-hydrogen) atoms. The van der Waals surface area contributed by atoms with Crippen molar-refractivity contribution in [2.45, 2.75) is 17.2 Å². The zero-order valence-corrected chi connectivity index (χ0v) is 21.8. The van der Waals surface area contributed by atoms with E-state index in [1.54, 1.807) is 0 Å². The minimum Gasteiger partial charge on any atom is -0.160 e. The quantitative estimate of drug-likeness (QED) is 0.228. The Labute approximate surface area is 227 Å². The lowest BCUT2D eigenvalue weighted by Gasteiger charge is -2.34. The van der Waals surface area contributed by atoms with Crippen molar-refractivity contribution in [1.82, 2.24) is 0 Å². The fourth-order valence-electron chi connectivity index (χ4n) is 6.56. The molecule has 0 aliphatic heterocycles. The van der Waals surface area contributed by atoms with Gasteiger partial charge in [-0.1, -0.05) is 127 Å². The van der Waals surface area contributed by atoms with Crippen LogP contribution >= 0.6 is 12.1 Å². The molecule has 182 valence electrons. The van der Waals surface area contributed by atoms with Crippen molar-refractivity contribution >= 4 is 22.9 Å². The predicted octanol–water partition coefficient (Wildman–Crippen LogP) is 10.2. The Kier molecular flexibility index (Phi) is 5.45. The number of rotatable bonds is 4. The predicted molar refractivity (Wildman–Crippen MR) is 158 cm³/mol. The number of hydrogen-bond acceptors (Lipinski definition) is 1. The second-order valence-corrected chi connectivity index (χ2v) is 10.5. The third-order valence-electron chi connectivity index (χ3n) is 8.07. The highest BCUT2D eigenvalue weighted by Gasteiger charge is 2.46. The van der Waals surface area contributed by atoms with Gasteiger partial charge in [-0.15, -0.1) is 0 Å². The van der Waals surface area contributed by atoms with Gasteiger partial charge in [0.25, 0.3) is 0 Å². The molecule has 6 aromatic carbocycles. The molecule has 2 heteroatoms. The number of benzene rings is 6. The average Bonchev–Trinajstić information content (AvgIpc) is 3.29. The van der Waals surface area contributed by atoms with Gasteiger partial charge < -0.3 is 0 Å². The van der Waals surface area contributed by atoms with Crippen molar-refractivity contribution in [1.29, 1.82) is 0 Å². The van der Waals surface area contributed by atoms with Crippen molar-refractivity contribution in [2.24, 2.45) is 0 Å². The van der Waals surface area contributed by atoms with E-state index in [1.807, 2.05) is 12.1 Å². The molecule has 0 fully saturated rings. The average molecular weight is 509 g/mol. The Hall–Kier alpha value is -4.14. The molecule has 0 nitrogen and oxygen atoms in total. The molecule has 1 aliphatic rings. The minimum absolute atomic E-state index is 0.325. The Balaban J connectivity index is 1.63. The lowest BCUT2D eigenvalue weighted by Crippen LogP contribution is -2.28. The van der Waals surface area contributed by atoms with E-state index in [0.29, 0.717) is 17.0 Å². The van der Waals surface area contributed by atoms with Gasteiger partial charge >= 0.3 is 0 Å². The topological polar surface area (TPSA) is 0 Å². The molecular formula is C36H25FS. The second-order valence-electron chi connectivity index (χ2n) is 9.94. The van der Waals surface area contributed by atoms with Gasteiger partial charge in [-0.05, 0) is 68.4 Å². The van der Waals surface area contributed by atoms with Crippen LogP contribution in [0, 0.1) is 6.92 Å². The van der Waals surface area contributed by atoms with Gasteiger partial charge in [-0.3, -0.25) is 0 Å². The van der Waals surface area contributed by atoms with E-state index in [4.69, 9.17) is 0 Å². The summed E-state index contributed by atoms with van der Waals surface area (Å²) in [4.78, 5) is 0.665. The molecule has 0 bridgehead atoms. The largest absolute Gasteiger partial charge is 0.160 e. The minimum atomic E-state index is -0.440. The molecule has 0 saturated carbocycles. The molecule has 0 radical (unpaired) electrons. The summed E-state index contributed by atoms with van der Waals surface area (Å²) in [7, 11) is 0. The Morgan fingerprint density at radius 1 is 0.526 bits per heavy atom. The molecule has 0 heterocycles. The smallest absolute Gasteiger partial charge is 0.0818 e. The summed E-state index contributed by atoms with van der Waals surface area (Å²) < 4.78 is 14.0. The summed E-state index contributed by atoms with van der Waals surface area (Å²) in [5, 5.41) is 2.06. The van der Waals surface area contributed by atoms with Crippen molar-refractivity contribution < 1.29 is 3.89 Å². The van der Waals surface area contributed by atoms with Crippen LogP contribution in [0.2, 0.25) is 0 Å². The first-order valence-electron chi connectivity index (χ1n) is 12.9. The van der Waals surface area contributed by atoms with Gasteiger partial charge in [0, 0.05) is 10.3 Å². The Bertz CT molecular complexity index is 1770. The standard InChI is InChI=1S/C36H25FS/c1-24-22-23-27(28-18-11-21-33(38-37)34(24)28)29-17-10-20-32-35(29)30-16-8-9-19-31(30)36(32,25-12-4-2-5-13-25)26-14-6-3-7-15-26/h2-23H,1H3. The third-order valence-corrected chi connectivity index (χ3v) is 8.57. The van der Waals surface area contributed by atoms with Crippen LogP contribution in [-0.2, 0) is 5.41 Å². The molecule has 0 unspecified atom stereocenters. The summed E-state index contributed by atoms with van der Waals surface area (Å²) in [6.07, 6.45) is 0. The molecule has 0 spiro atoms. The number of hydrogen-bond donors (Lipinski definition) is 0. The van der Waals surface area contributed by atoms with Crippen LogP contribution < -0.4 is 0 Å². The number of aryl methyl sites for hydroxylation is 1. The van der Waals surface area contributed by atoms with E-state index in [1.165, 1.54) is 38.9 Å². The summed E-state index contributed by atoms with van der Waals surface area (Å²) in [5.74, 6) is 0. The van der Waals surface area contributed by atoms with E-state index >= 15 is 0 Å². The van der Waals surface area contributed by atoms with E-state index in [-0.39, 0.29) is 0 Å². The third kappa shape index (κ3) is 3.17. The first-order valence-corrected chi connectivity index (χ1v) is 13.6. The van der Waals surface area contributed by atoms with Crippen LogP contribution in [0.4, 0.5) is 3.89 Å². The van der Waals surface area contributed by atoms with Crippen LogP contribution in [0.1, 0.15) is 27.8 Å². The van der Waals surface area contributed by atoms with Crippen LogP contribution in [0.5, 0.6) is 0 Å². The van der Waals surface area contributed by atoms with Crippen LogP contribution in [0.25, 0.3) is 33.0 Å². The van der Waals surface area contributed by atoms with Gasteiger partial charge in [0.15, 0.2) is 0 Å². The highest BCUT2D eigenvalue weighted by Crippen LogP contribution is 2.58. The fraction of sp³-hybridized carbons (Fsp3) is 0.0556. The van der Waals surface area contributed by atoms with Gasteiger partial charge in [0.05, 0.1) is 17.6 Å². The molecule has 6 aromatic rings. The molecule has 0 atom stereocenters. The molecule has 0 saturated heterocycles. The van der Waals surface area contributed by atoms with E-state index < -0.39 is 5.41 Å². The molecule has 7 rings (SSSR count). The molecule has 0 aromatic heterocycles. The number of fused-ring (bicyclic) bond motifs is 4. The monoisotopic (exact) mass is 508 g/mol. The van der Waals surface area contributed by atoms with Crippen LogP contribution in [-0.4, -0.2) is 0 Å². The molecule has 0 amide bonds. The maximum atomic E-state index is 14.0. The number of halogens is 1. The van der Waals surface area contributed by atoms with Crippen LogP contribution in [0.15, 0.2) is 138 Å². The van der Waals surface area contributed by atoms with E-state index in [9.17, 15) is 3.89 Å². The normalized spacial score (nSPS) is 13.3. The highest BCUT2D eigenvalue weighted by molar-refractivity contribution is 7.94. The van der Waals surface area contributed by atoms with Gasteiger partial charge in [-0.2, -0.15) is 3.89 Å². The SMILES string of the molecule is Cc1ccc(-c2cccc3c2-c2ccccc2C3(c2ccccc2)c2ccccc2)c2cccc(SF)c12. The Morgan fingerprint density at radius 3 is 1.84 bits per heavy atom. The second kappa shape index (κ2) is 9.01. The summed E-state index contributed by atoms with van der Waals surface area (Å²) in [5.41, 5.74) is 10.5. The lowest BCUT2D eigenvalue weighted by molar-refractivity contribution is 0.768. The van der Waals surface area contributed by atoms with Gasteiger partial charge in [0.1, 0.15) is 0 Å². The van der Waals surface area contributed by atoms with Gasteiger partial charge in [-0.25, -0.2) is 0 Å². The fourth-order valence-corrected chi connectivity index (χ4v) is 7.04. The first-order chi connectivity index (χ1) is 18.7. The van der Waals surface area contributed by atoms with E-state index in [2.05, 4.69) is 128 Å². The van der Waals surface area contributed by atoms with Crippen molar-refractivity contribution in [3.63, 3.8) is 0 Å². The summed E-state index contributed by atoms with van der Waals surface area (Å²) in [6, 6.07) is 47.5. The molecule has 0 N–H and O–H groups in total. The van der Waals surface area contributed by atoms with Crippen molar-refractivity contribution in [2.75, 3.05) is 0 Å². The van der Waals surface area contributed by atoms with Crippen molar-refractivity contribution in [3.8, 4) is 22.3 Å². The Morgan fingerprint density at radius 2 is 1.13 bits per heavy atom. The zero-order valence-electron chi connectivity index (χ0n) is 21.0. The molecule has 1 aliphatic carbocycles. The summed E-state index contributed by atoms with van der Waals surface area (Å²) in [6.45, 7) is 2.06. The zero-order chi connectivity index (χ0) is 25.7. The van der Waals surface area contributed by atoms with Crippen LogP contribution in [0.3, 0.4) is 0 Å². The highest BCUT2D eigenvalue weighted by atomic mass is 32.2. The maximum absolute atomic E-state index is 14.0. The summed E-state index contributed by atoms with van der Waals surface area (Å²) >= 11 is 0.325. The van der Waals surface area contributed by atoms with Gasteiger partial charge in [0.2, 0.25) is 0 Å². The van der Waals surface area contributed by atoms with E-state index in [0.717, 1.165) is 21.9 Å². The molecular weight excluding hydrogens is 483 g/mol.